The SMILES string of the molecule is O=C(CBr)Nc1ccccc1OC(F)(F)F. The molecule has 1 aromatic rings. The van der Waals surface area contributed by atoms with E-state index in [4.69, 9.17) is 0 Å². The molecule has 0 fully saturated rings. The quantitative estimate of drug-likeness (QED) is 0.871. The Kier molecular flexibility index (Phi) is 4.17. The largest absolute Gasteiger partial charge is 0.573 e. The van der Waals surface area contributed by atoms with Crippen LogP contribution in [0.1, 0.15) is 0 Å². The van der Waals surface area contributed by atoms with E-state index in [0.29, 0.717) is 0 Å². The molecule has 0 saturated heterocycles. The third-order valence-electron chi connectivity index (χ3n) is 1.51. The van der Waals surface area contributed by atoms with Crippen LogP contribution in [-0.2, 0) is 4.79 Å². The second kappa shape index (κ2) is 5.20. The van der Waals surface area contributed by atoms with Crippen LogP contribution in [0.4, 0.5) is 18.9 Å². The van der Waals surface area contributed by atoms with Gasteiger partial charge in [-0.3, -0.25) is 4.79 Å². The van der Waals surface area contributed by atoms with Gasteiger partial charge in [-0.2, -0.15) is 0 Å². The van der Waals surface area contributed by atoms with Gasteiger partial charge in [0.05, 0.1) is 11.0 Å². The molecule has 88 valence electrons. The molecule has 1 N–H and O–H groups in total. The highest BCUT2D eigenvalue weighted by molar-refractivity contribution is 9.09. The number of alkyl halides is 4. The molecule has 0 aromatic heterocycles. The van der Waals surface area contributed by atoms with Gasteiger partial charge in [-0.1, -0.05) is 28.1 Å². The summed E-state index contributed by atoms with van der Waals surface area (Å²) in [6.45, 7) is 0. The molecule has 1 amide bonds. The summed E-state index contributed by atoms with van der Waals surface area (Å²) in [5.41, 5.74) is -0.0238. The first-order chi connectivity index (χ1) is 7.42. The number of para-hydroxylation sites is 2. The van der Waals surface area contributed by atoms with E-state index in [1.54, 1.807) is 0 Å². The van der Waals surface area contributed by atoms with E-state index in [1.807, 2.05) is 0 Å². The fraction of sp³-hybridized carbons (Fsp3) is 0.222. The van der Waals surface area contributed by atoms with Gasteiger partial charge in [0.15, 0.2) is 5.75 Å². The Hall–Kier alpha value is -1.24. The van der Waals surface area contributed by atoms with E-state index in [0.717, 1.165) is 6.07 Å². The molecule has 0 aliphatic rings. The molecule has 1 rings (SSSR count). The van der Waals surface area contributed by atoms with Crippen molar-refractivity contribution < 1.29 is 22.7 Å². The van der Waals surface area contributed by atoms with Crippen LogP contribution in [0.5, 0.6) is 5.75 Å². The molecule has 0 atom stereocenters. The fourth-order valence-electron chi connectivity index (χ4n) is 0.967. The summed E-state index contributed by atoms with van der Waals surface area (Å²) < 4.78 is 39.7. The van der Waals surface area contributed by atoms with E-state index in [9.17, 15) is 18.0 Å². The van der Waals surface area contributed by atoms with Crippen molar-refractivity contribution in [3.05, 3.63) is 24.3 Å². The number of hydrogen-bond acceptors (Lipinski definition) is 2. The summed E-state index contributed by atoms with van der Waals surface area (Å²) in [4.78, 5) is 11.0. The molecule has 0 aliphatic carbocycles. The predicted molar refractivity (Wildman–Crippen MR) is 55.5 cm³/mol. The summed E-state index contributed by atoms with van der Waals surface area (Å²) in [5, 5.41) is 2.27. The summed E-state index contributed by atoms with van der Waals surface area (Å²) in [7, 11) is 0. The highest BCUT2D eigenvalue weighted by atomic mass is 79.9. The summed E-state index contributed by atoms with van der Waals surface area (Å²) in [5.74, 6) is -0.900. The highest BCUT2D eigenvalue weighted by Gasteiger charge is 2.32. The molecule has 0 saturated carbocycles. The van der Waals surface area contributed by atoms with E-state index < -0.39 is 18.0 Å². The number of anilines is 1. The Labute approximate surface area is 97.7 Å². The van der Waals surface area contributed by atoms with Crippen LogP contribution >= 0.6 is 15.9 Å². The lowest BCUT2D eigenvalue weighted by Gasteiger charge is -2.13. The number of carbonyl (C=O) groups excluding carboxylic acids is 1. The van der Waals surface area contributed by atoms with E-state index in [1.165, 1.54) is 18.2 Å². The van der Waals surface area contributed by atoms with Gasteiger partial charge in [0.2, 0.25) is 5.91 Å². The maximum absolute atomic E-state index is 12.0. The van der Waals surface area contributed by atoms with Crippen LogP contribution in [0.15, 0.2) is 24.3 Å². The van der Waals surface area contributed by atoms with Gasteiger partial charge in [-0.15, -0.1) is 13.2 Å². The molecule has 0 heterocycles. The van der Waals surface area contributed by atoms with Gasteiger partial charge >= 0.3 is 6.36 Å². The first-order valence-electron chi connectivity index (χ1n) is 4.13. The van der Waals surface area contributed by atoms with Gasteiger partial charge in [0.25, 0.3) is 0 Å². The minimum Gasteiger partial charge on any atom is -0.404 e. The normalized spacial score (nSPS) is 11.0. The number of halogens is 4. The maximum atomic E-state index is 12.0. The molecule has 0 spiro atoms. The lowest BCUT2D eigenvalue weighted by Crippen LogP contribution is -2.19. The topological polar surface area (TPSA) is 38.3 Å². The molecule has 0 bridgehead atoms. The molecule has 7 heteroatoms. The van der Waals surface area contributed by atoms with Gasteiger partial charge in [0, 0.05) is 0 Å². The molecule has 0 aliphatic heterocycles. The highest BCUT2D eigenvalue weighted by Crippen LogP contribution is 2.29. The number of nitrogens with one attached hydrogen (secondary N) is 1. The average Bonchev–Trinajstić information content (AvgIpc) is 2.18. The minimum atomic E-state index is -4.78. The van der Waals surface area contributed by atoms with Crippen LogP contribution in [0.3, 0.4) is 0 Å². The molecular formula is C9H7BrF3NO2. The number of hydrogen-bond donors (Lipinski definition) is 1. The minimum absolute atomic E-state index is 0.00660. The Morgan fingerprint density at radius 2 is 2.00 bits per heavy atom. The smallest absolute Gasteiger partial charge is 0.404 e. The van der Waals surface area contributed by atoms with Crippen LogP contribution in [-0.4, -0.2) is 17.6 Å². The molecule has 1 aromatic carbocycles. The van der Waals surface area contributed by atoms with Crippen molar-refractivity contribution in [3.8, 4) is 5.75 Å². The summed E-state index contributed by atoms with van der Waals surface area (Å²) in [6, 6.07) is 5.32. The van der Waals surface area contributed by atoms with E-state index >= 15 is 0 Å². The number of ether oxygens (including phenoxy) is 1. The molecule has 0 radical (unpaired) electrons. The summed E-state index contributed by atoms with van der Waals surface area (Å²) >= 11 is 2.88. The number of carbonyl (C=O) groups is 1. The van der Waals surface area contributed by atoms with Crippen LogP contribution in [0.2, 0.25) is 0 Å². The first kappa shape index (κ1) is 12.8. The zero-order chi connectivity index (χ0) is 12.2. The van der Waals surface area contributed by atoms with Gasteiger partial charge in [-0.05, 0) is 12.1 Å². The lowest BCUT2D eigenvalue weighted by molar-refractivity contribution is -0.274. The van der Waals surface area contributed by atoms with Crippen molar-refractivity contribution in [3.63, 3.8) is 0 Å². The van der Waals surface area contributed by atoms with Crippen molar-refractivity contribution in [2.45, 2.75) is 6.36 Å². The third kappa shape index (κ3) is 4.09. The van der Waals surface area contributed by atoms with E-state index in [-0.39, 0.29) is 11.0 Å². The summed E-state index contributed by atoms with van der Waals surface area (Å²) in [6.07, 6.45) is -4.78. The standard InChI is InChI=1S/C9H7BrF3NO2/c10-5-8(15)14-6-3-1-2-4-7(6)16-9(11,12)13/h1-4H,5H2,(H,14,15). The lowest BCUT2D eigenvalue weighted by atomic mass is 10.3. The van der Waals surface area contributed by atoms with Crippen LogP contribution in [0, 0.1) is 0 Å². The second-order valence-corrected chi connectivity index (χ2v) is 3.29. The Morgan fingerprint density at radius 1 is 1.38 bits per heavy atom. The van der Waals surface area contributed by atoms with Crippen molar-refractivity contribution in [2.24, 2.45) is 0 Å². The van der Waals surface area contributed by atoms with Crippen molar-refractivity contribution in [1.82, 2.24) is 0 Å². The van der Waals surface area contributed by atoms with Gasteiger partial charge in [0.1, 0.15) is 0 Å². The third-order valence-corrected chi connectivity index (χ3v) is 2.02. The Balaban J connectivity index is 2.87. The zero-order valence-corrected chi connectivity index (χ0v) is 9.43. The van der Waals surface area contributed by atoms with Gasteiger partial charge < -0.3 is 10.1 Å². The number of benzene rings is 1. The monoisotopic (exact) mass is 297 g/mol. The second-order valence-electron chi connectivity index (χ2n) is 2.73. The van der Waals surface area contributed by atoms with Crippen molar-refractivity contribution in [2.75, 3.05) is 10.6 Å². The Morgan fingerprint density at radius 3 is 2.56 bits per heavy atom. The van der Waals surface area contributed by atoms with Crippen LogP contribution in [0.25, 0.3) is 0 Å². The molecule has 3 nitrogen and oxygen atoms in total. The molecule has 16 heavy (non-hydrogen) atoms. The average molecular weight is 298 g/mol. The first-order valence-corrected chi connectivity index (χ1v) is 5.25. The van der Waals surface area contributed by atoms with Crippen molar-refractivity contribution in [1.29, 1.82) is 0 Å². The predicted octanol–water partition coefficient (Wildman–Crippen LogP) is 2.92. The Bertz CT molecular complexity index is 381. The van der Waals surface area contributed by atoms with Crippen LogP contribution < -0.4 is 10.1 Å². The van der Waals surface area contributed by atoms with E-state index in [2.05, 4.69) is 26.0 Å². The van der Waals surface area contributed by atoms with Crippen molar-refractivity contribution >= 4 is 27.5 Å². The number of rotatable bonds is 3. The maximum Gasteiger partial charge on any atom is 0.573 e. The zero-order valence-electron chi connectivity index (χ0n) is 7.84. The fourth-order valence-corrected chi connectivity index (χ4v) is 1.11. The van der Waals surface area contributed by atoms with Gasteiger partial charge in [-0.25, -0.2) is 0 Å². The number of amides is 1. The molecular weight excluding hydrogens is 291 g/mol. The molecule has 0 unspecified atom stereocenters.